The molecule has 44 heavy (non-hydrogen) atoms. The molecule has 2 aliphatic rings. The van der Waals surface area contributed by atoms with Gasteiger partial charge in [-0.3, -0.25) is 9.59 Å². The fourth-order valence-corrected chi connectivity index (χ4v) is 5.31. The van der Waals surface area contributed by atoms with Crippen LogP contribution < -0.4 is 5.73 Å². The molecule has 0 unspecified atom stereocenters. The van der Waals surface area contributed by atoms with Gasteiger partial charge in [0.05, 0.1) is 5.69 Å². The number of rotatable bonds is 5. The number of Topliss-reactive ketones (excluding diaryl/α,β-unsaturated/α-hetero) is 2. The quantitative estimate of drug-likeness (QED) is 0.0811. The zero-order chi connectivity index (χ0) is 32.8. The Kier molecular flexibility index (Phi) is 16.3. The maximum Gasteiger partial charge on any atom is 0.515 e. The number of nitrogen functional groups attached to an aromatic ring is 1. The van der Waals surface area contributed by atoms with Gasteiger partial charge in [-0.1, -0.05) is 62.8 Å². The summed E-state index contributed by atoms with van der Waals surface area (Å²) in [5.74, 6) is 0.683. The van der Waals surface area contributed by atoms with Crippen molar-refractivity contribution < 1.29 is 28.7 Å². The first-order chi connectivity index (χ1) is 20.7. The van der Waals surface area contributed by atoms with Gasteiger partial charge < -0.3 is 15.2 Å². The molecule has 2 fully saturated rings. The monoisotopic (exact) mass is 726 g/mol. The maximum atomic E-state index is 12.3. The number of isocyanates is 1. The van der Waals surface area contributed by atoms with Gasteiger partial charge in [0, 0.05) is 28.7 Å². The highest BCUT2D eigenvalue weighted by molar-refractivity contribution is 6.67. The number of halogens is 6. The van der Waals surface area contributed by atoms with Crippen LogP contribution in [0.3, 0.4) is 0 Å². The third-order valence-corrected chi connectivity index (χ3v) is 7.37. The summed E-state index contributed by atoms with van der Waals surface area (Å²) >= 11 is 30.2. The van der Waals surface area contributed by atoms with E-state index < -0.39 is 14.1 Å². The fourth-order valence-electron chi connectivity index (χ4n) is 4.93. The number of carbonyl (C=O) groups is 3. The summed E-state index contributed by atoms with van der Waals surface area (Å²) in [6.07, 6.45) is 11.2. The first-order valence-electron chi connectivity index (χ1n) is 13.9. The second-order valence-corrected chi connectivity index (χ2v) is 14.4. The summed E-state index contributed by atoms with van der Waals surface area (Å²) in [7, 11) is 0. The predicted octanol–water partition coefficient (Wildman–Crippen LogP) is 10.2. The molecule has 0 heterocycles. The number of alkyl halides is 6. The van der Waals surface area contributed by atoms with Gasteiger partial charge in [0.15, 0.2) is 11.6 Å². The molecule has 0 atom stereocenters. The number of hydrogen-bond donors (Lipinski definition) is 1. The molecule has 0 aromatic heterocycles. The Labute approximate surface area is 286 Å². The molecule has 2 aromatic rings. The minimum absolute atomic E-state index is 0.103. The van der Waals surface area contributed by atoms with E-state index in [0.717, 1.165) is 38.5 Å². The van der Waals surface area contributed by atoms with E-state index in [4.69, 9.17) is 75.3 Å². The molecule has 8 nitrogen and oxygen atoms in total. The van der Waals surface area contributed by atoms with Gasteiger partial charge in [0.25, 0.3) is 0 Å². The van der Waals surface area contributed by atoms with Crippen LogP contribution in [0, 0.1) is 11.8 Å². The molecule has 4 rings (SSSR count). The van der Waals surface area contributed by atoms with Crippen LogP contribution >= 0.6 is 69.6 Å². The van der Waals surface area contributed by atoms with Gasteiger partial charge in [0.1, 0.15) is 0 Å². The molecule has 0 bridgehead atoms. The Morgan fingerprint density at radius 1 is 0.682 bits per heavy atom. The summed E-state index contributed by atoms with van der Waals surface area (Å²) in [6, 6.07) is 14.4. The number of aliphatic imine (C=N–C) groups is 1. The summed E-state index contributed by atoms with van der Waals surface area (Å²) in [5.41, 5.74) is 8.14. The molecule has 0 aliphatic heterocycles. The van der Waals surface area contributed by atoms with E-state index in [0.29, 0.717) is 22.5 Å². The molecule has 0 spiro atoms. The maximum absolute atomic E-state index is 12.3. The highest BCUT2D eigenvalue weighted by atomic mass is 35.6. The second kappa shape index (κ2) is 18.8. The molecular weight excluding hydrogens is 697 g/mol. The highest BCUT2D eigenvalue weighted by Gasteiger charge is 2.32. The van der Waals surface area contributed by atoms with Gasteiger partial charge >= 0.3 is 14.1 Å². The molecule has 2 aliphatic carbocycles. The van der Waals surface area contributed by atoms with Crippen molar-refractivity contribution in [2.24, 2.45) is 16.8 Å². The van der Waals surface area contributed by atoms with Crippen LogP contribution in [-0.2, 0) is 14.3 Å². The summed E-state index contributed by atoms with van der Waals surface area (Å²) < 4.78 is 3.50. The van der Waals surface area contributed by atoms with Crippen molar-refractivity contribution in [3.63, 3.8) is 0 Å². The van der Waals surface area contributed by atoms with E-state index in [9.17, 15) is 19.2 Å². The Hall–Kier alpha value is -2.03. The number of hydrogen-bond acceptors (Lipinski definition) is 8. The number of ketones is 2. The van der Waals surface area contributed by atoms with Crippen molar-refractivity contribution in [3.8, 4) is 0 Å². The lowest BCUT2D eigenvalue weighted by atomic mass is 9.83. The first-order valence-corrected chi connectivity index (χ1v) is 16.1. The van der Waals surface area contributed by atoms with Gasteiger partial charge in [-0.25, -0.2) is 9.59 Å². The Morgan fingerprint density at radius 2 is 1.09 bits per heavy atom. The SMILES string of the molecule is Nc1ccccc1C(=O)C1CCCCC1.O=C(OC(Cl)(Cl)Cl)OC(Cl)(Cl)Cl.O=C=Nc1ccccc1C(=O)C1CCCCC1. The largest absolute Gasteiger partial charge is 0.515 e. The van der Waals surface area contributed by atoms with Gasteiger partial charge in [-0.05, 0) is 120 Å². The molecule has 14 heteroatoms. The van der Waals surface area contributed by atoms with Crippen LogP contribution in [0.4, 0.5) is 16.2 Å². The van der Waals surface area contributed by atoms with Crippen molar-refractivity contribution in [2.45, 2.75) is 72.2 Å². The molecular formula is C30H32Cl6N2O6. The summed E-state index contributed by atoms with van der Waals surface area (Å²) in [4.78, 5) is 48.9. The zero-order valence-electron chi connectivity index (χ0n) is 23.6. The van der Waals surface area contributed by atoms with E-state index in [1.165, 1.54) is 31.8 Å². The second-order valence-electron chi connectivity index (χ2n) is 10.1. The number of carbonyl (C=O) groups excluding carboxylic acids is 4. The smallest absolute Gasteiger partial charge is 0.398 e. The van der Waals surface area contributed by atoms with E-state index in [1.807, 2.05) is 18.2 Å². The molecule has 240 valence electrons. The van der Waals surface area contributed by atoms with E-state index >= 15 is 0 Å². The Morgan fingerprint density at radius 3 is 1.52 bits per heavy atom. The predicted molar refractivity (Wildman–Crippen MR) is 175 cm³/mol. The molecule has 2 aromatic carbocycles. The lowest BCUT2D eigenvalue weighted by Crippen LogP contribution is -2.22. The van der Waals surface area contributed by atoms with Gasteiger partial charge in [-0.2, -0.15) is 4.99 Å². The van der Waals surface area contributed by atoms with Crippen LogP contribution in [0.25, 0.3) is 0 Å². The third-order valence-electron chi connectivity index (χ3n) is 6.91. The van der Waals surface area contributed by atoms with Crippen molar-refractivity contribution in [1.82, 2.24) is 0 Å². The van der Waals surface area contributed by atoms with Crippen molar-refractivity contribution in [3.05, 3.63) is 59.7 Å². The lowest BCUT2D eigenvalue weighted by molar-refractivity contribution is 0.0508. The summed E-state index contributed by atoms with van der Waals surface area (Å²) in [5, 5.41) is 0. The van der Waals surface area contributed by atoms with E-state index in [1.54, 1.807) is 30.3 Å². The van der Waals surface area contributed by atoms with E-state index in [2.05, 4.69) is 14.5 Å². The van der Waals surface area contributed by atoms with Crippen LogP contribution in [-0.4, -0.2) is 31.8 Å². The topological polar surface area (TPSA) is 125 Å². The fraction of sp³-hybridized carbons (Fsp3) is 0.467. The number of ether oxygens (including phenoxy) is 2. The van der Waals surface area contributed by atoms with Crippen LogP contribution in [0.5, 0.6) is 0 Å². The third kappa shape index (κ3) is 14.4. The average Bonchev–Trinajstić information content (AvgIpc) is 2.97. The highest BCUT2D eigenvalue weighted by Crippen LogP contribution is 2.33. The zero-order valence-corrected chi connectivity index (χ0v) is 28.1. The Bertz CT molecular complexity index is 1280. The molecule has 2 N–H and O–H groups in total. The normalized spacial score (nSPS) is 15.7. The van der Waals surface area contributed by atoms with Crippen LogP contribution in [0.1, 0.15) is 84.9 Å². The number of anilines is 1. The van der Waals surface area contributed by atoms with Crippen LogP contribution in [0.2, 0.25) is 0 Å². The van der Waals surface area contributed by atoms with Crippen molar-refractivity contribution in [2.75, 3.05) is 5.73 Å². The average molecular weight is 729 g/mol. The molecule has 0 amide bonds. The number of nitrogens with two attached hydrogens (primary N) is 1. The number of benzene rings is 2. The standard InChI is InChI=1S/C14H15NO2.C13H17NO.C3Cl6O3/c16-10-15-13-9-5-4-8-12(13)14(17)11-6-2-1-3-7-11;14-12-9-5-4-8-11(12)13(15)10-6-2-1-3-7-10;4-2(5,6)11-1(10)12-3(7,8)9/h4-5,8-9,11H,1-3,6-7H2;4-5,8-10H,1-3,6-7,14H2;. The van der Waals surface area contributed by atoms with Crippen molar-refractivity contribution >= 4 is 105 Å². The van der Waals surface area contributed by atoms with E-state index in [-0.39, 0.29) is 23.4 Å². The molecule has 0 radical (unpaired) electrons. The molecule has 0 saturated heterocycles. The minimum Gasteiger partial charge on any atom is -0.398 e. The minimum atomic E-state index is -2.24. The Balaban J connectivity index is 0.000000234. The molecule has 2 saturated carbocycles. The number of nitrogens with zero attached hydrogens (tertiary/aromatic N) is 1. The lowest BCUT2D eigenvalue weighted by Gasteiger charge is -2.20. The summed E-state index contributed by atoms with van der Waals surface area (Å²) in [6.45, 7) is 0. The van der Waals surface area contributed by atoms with Crippen molar-refractivity contribution in [1.29, 1.82) is 0 Å². The van der Waals surface area contributed by atoms with Gasteiger partial charge in [0.2, 0.25) is 6.08 Å². The number of para-hydroxylation sites is 2. The van der Waals surface area contributed by atoms with Crippen LogP contribution in [0.15, 0.2) is 53.5 Å². The first kappa shape index (κ1) is 38.2. The van der Waals surface area contributed by atoms with Gasteiger partial charge in [-0.15, -0.1) is 0 Å².